The van der Waals surface area contributed by atoms with E-state index in [1.54, 1.807) is 68.4 Å². The highest BCUT2D eigenvalue weighted by atomic mass is 32.1. The van der Waals surface area contributed by atoms with Gasteiger partial charge in [-0.1, -0.05) is 36.4 Å². The lowest BCUT2D eigenvalue weighted by molar-refractivity contribution is -0.139. The highest BCUT2D eigenvalue weighted by Crippen LogP contribution is 2.33. The molecule has 212 valence electrons. The predicted molar refractivity (Wildman–Crippen MR) is 158 cm³/mol. The van der Waals surface area contributed by atoms with Crippen molar-refractivity contribution in [1.29, 1.82) is 0 Å². The third kappa shape index (κ3) is 6.73. The van der Waals surface area contributed by atoms with E-state index in [0.717, 1.165) is 6.21 Å². The molecule has 2 aromatic carbocycles. The molecule has 0 bridgehead atoms. The largest absolute Gasteiger partial charge is 0.483 e. The van der Waals surface area contributed by atoms with Gasteiger partial charge in [0.05, 0.1) is 23.9 Å². The van der Waals surface area contributed by atoms with E-state index < -0.39 is 42.3 Å². The van der Waals surface area contributed by atoms with Gasteiger partial charge in [0.25, 0.3) is 11.8 Å². The maximum Gasteiger partial charge on any atom is 0.338 e. The summed E-state index contributed by atoms with van der Waals surface area (Å²) >= 11 is 10.4. The van der Waals surface area contributed by atoms with Crippen LogP contribution >= 0.6 is 24.4 Å². The second-order valence-electron chi connectivity index (χ2n) is 8.71. The maximum atomic E-state index is 13.0. The number of para-hydroxylation sites is 2. The first-order valence-electron chi connectivity index (χ1n) is 12.4. The van der Waals surface area contributed by atoms with Crippen molar-refractivity contribution in [3.63, 3.8) is 0 Å². The normalized spacial score (nSPS) is 18.9. The molecule has 2 atom stereocenters. The number of carbonyl (C=O) groups is 4. The molecule has 4 N–H and O–H groups in total. The number of hydrogen-bond donors (Lipinski definition) is 4. The molecular formula is C27H26N6O6S2. The first-order chi connectivity index (χ1) is 19.7. The lowest BCUT2D eigenvalue weighted by atomic mass is 9.95. The zero-order valence-electron chi connectivity index (χ0n) is 22.0. The summed E-state index contributed by atoms with van der Waals surface area (Å²) in [6, 6.07) is 14.8. The van der Waals surface area contributed by atoms with Gasteiger partial charge in [-0.3, -0.25) is 19.3 Å². The Morgan fingerprint density at radius 2 is 1.78 bits per heavy atom. The maximum absolute atomic E-state index is 13.0. The van der Waals surface area contributed by atoms with Crippen molar-refractivity contribution in [2.45, 2.75) is 19.9 Å². The number of thiocarbonyl (C=S) groups is 2. The predicted octanol–water partition coefficient (Wildman–Crippen LogP) is 1.59. The van der Waals surface area contributed by atoms with Crippen LogP contribution in [0.25, 0.3) is 0 Å². The molecule has 14 heteroatoms. The molecule has 0 spiro atoms. The Labute approximate surface area is 246 Å². The van der Waals surface area contributed by atoms with E-state index in [1.165, 1.54) is 4.90 Å². The first-order valence-corrected chi connectivity index (χ1v) is 13.3. The van der Waals surface area contributed by atoms with Crippen molar-refractivity contribution in [2.75, 3.05) is 18.1 Å². The van der Waals surface area contributed by atoms with Gasteiger partial charge in [0.2, 0.25) is 5.91 Å². The van der Waals surface area contributed by atoms with Crippen molar-refractivity contribution in [2.24, 2.45) is 11.0 Å². The molecule has 12 nitrogen and oxygen atoms in total. The molecule has 2 aliphatic heterocycles. The van der Waals surface area contributed by atoms with E-state index in [2.05, 4.69) is 26.5 Å². The molecule has 1 fully saturated rings. The van der Waals surface area contributed by atoms with Gasteiger partial charge in [-0.15, -0.1) is 0 Å². The van der Waals surface area contributed by atoms with Crippen LogP contribution in [0.5, 0.6) is 5.75 Å². The van der Waals surface area contributed by atoms with Crippen LogP contribution < -0.4 is 31.0 Å². The van der Waals surface area contributed by atoms with Crippen molar-refractivity contribution in [3.8, 4) is 5.75 Å². The molecule has 1 saturated heterocycles. The fraction of sp³-hybridized carbons (Fsp3) is 0.222. The van der Waals surface area contributed by atoms with Crippen molar-refractivity contribution in [3.05, 3.63) is 71.4 Å². The Hall–Kier alpha value is -4.69. The number of ether oxygens (including phenoxy) is 2. The van der Waals surface area contributed by atoms with Crippen molar-refractivity contribution in [1.82, 2.24) is 21.4 Å². The van der Waals surface area contributed by atoms with E-state index in [-0.39, 0.29) is 11.7 Å². The third-order valence-electron chi connectivity index (χ3n) is 5.98. The summed E-state index contributed by atoms with van der Waals surface area (Å²) in [5.41, 5.74) is 4.15. The van der Waals surface area contributed by atoms with Crippen LogP contribution in [0.3, 0.4) is 0 Å². The summed E-state index contributed by atoms with van der Waals surface area (Å²) < 4.78 is 11.0. The van der Waals surface area contributed by atoms with Gasteiger partial charge in [-0.25, -0.2) is 10.2 Å². The highest BCUT2D eigenvalue weighted by molar-refractivity contribution is 7.80. The van der Waals surface area contributed by atoms with Gasteiger partial charge in [0.15, 0.2) is 22.7 Å². The van der Waals surface area contributed by atoms with Crippen LogP contribution in [-0.4, -0.2) is 53.3 Å². The fourth-order valence-corrected chi connectivity index (χ4v) is 4.73. The number of esters is 1. The Morgan fingerprint density at radius 3 is 2.51 bits per heavy atom. The zero-order valence-corrected chi connectivity index (χ0v) is 23.6. The van der Waals surface area contributed by atoms with Crippen LogP contribution in [0.4, 0.5) is 5.69 Å². The van der Waals surface area contributed by atoms with Crippen molar-refractivity contribution >= 4 is 70.3 Å². The molecule has 41 heavy (non-hydrogen) atoms. The molecule has 0 aliphatic carbocycles. The quantitative estimate of drug-likeness (QED) is 0.111. The van der Waals surface area contributed by atoms with Gasteiger partial charge >= 0.3 is 5.97 Å². The number of rotatable bonds is 9. The van der Waals surface area contributed by atoms with E-state index >= 15 is 0 Å². The minimum absolute atomic E-state index is 0.0490. The molecule has 2 aliphatic rings. The molecule has 0 unspecified atom stereocenters. The smallest absolute Gasteiger partial charge is 0.338 e. The number of benzene rings is 2. The molecule has 2 aromatic rings. The summed E-state index contributed by atoms with van der Waals surface area (Å²) in [6.45, 7) is 3.16. The van der Waals surface area contributed by atoms with Crippen LogP contribution in [0, 0.1) is 5.92 Å². The Bertz CT molecular complexity index is 1460. The minimum atomic E-state index is -1.31. The molecule has 0 aromatic heterocycles. The van der Waals surface area contributed by atoms with Gasteiger partial charge in [0.1, 0.15) is 5.75 Å². The molecule has 2 heterocycles. The van der Waals surface area contributed by atoms with E-state index in [9.17, 15) is 19.2 Å². The van der Waals surface area contributed by atoms with E-state index in [0.29, 0.717) is 33.4 Å². The highest BCUT2D eigenvalue weighted by Gasteiger charge is 2.38. The van der Waals surface area contributed by atoms with Crippen LogP contribution in [0.1, 0.15) is 25.5 Å². The summed E-state index contributed by atoms with van der Waals surface area (Å²) in [6.07, 6.45) is 1.03. The second-order valence-corrected chi connectivity index (χ2v) is 9.51. The average Bonchev–Trinajstić information content (AvgIpc) is 2.94. The number of carbonyl (C=O) groups excluding carboxylic acids is 4. The molecular weight excluding hydrogens is 568 g/mol. The van der Waals surface area contributed by atoms with Gasteiger partial charge in [-0.05, 0) is 56.5 Å². The van der Waals surface area contributed by atoms with Crippen molar-refractivity contribution < 1.29 is 28.7 Å². The molecule has 3 amide bonds. The number of amides is 3. The summed E-state index contributed by atoms with van der Waals surface area (Å²) in [7, 11) is 0. The SMILES string of the molecule is CCOC(=O)C1=C(C)NC(=S)N[C@@H]1c1ccccc1OCC(=O)NN=C[C@@H]1C(=O)NC(=S)N(c2ccccc2)C1=O. The third-order valence-corrected chi connectivity index (χ3v) is 6.49. The Morgan fingerprint density at radius 1 is 1.07 bits per heavy atom. The number of hydrogen-bond acceptors (Lipinski definition) is 9. The lowest BCUT2D eigenvalue weighted by Crippen LogP contribution is -2.58. The van der Waals surface area contributed by atoms with Crippen LogP contribution in [-0.2, 0) is 23.9 Å². The molecule has 0 saturated carbocycles. The number of hydrazone groups is 1. The number of allylic oxidation sites excluding steroid dienone is 1. The van der Waals surface area contributed by atoms with Gasteiger partial charge < -0.3 is 25.4 Å². The van der Waals surface area contributed by atoms with Crippen LogP contribution in [0.15, 0.2) is 71.0 Å². The number of nitrogens with zero attached hydrogens (tertiary/aromatic N) is 2. The fourth-order valence-electron chi connectivity index (χ4n) is 4.16. The summed E-state index contributed by atoms with van der Waals surface area (Å²) in [5, 5.41) is 12.5. The summed E-state index contributed by atoms with van der Waals surface area (Å²) in [4.78, 5) is 51.8. The molecule has 0 radical (unpaired) electrons. The lowest BCUT2D eigenvalue weighted by Gasteiger charge is -2.30. The number of nitrogens with one attached hydrogen (secondary N) is 4. The zero-order chi connectivity index (χ0) is 29.5. The standard InChI is InChI=1S/C27H26N6O6S2/c1-3-38-25(37)21-15(2)29-26(40)30-22(21)17-11-7-8-12-19(17)39-14-20(34)32-28-13-18-23(35)31-27(41)33(24(18)36)16-9-5-4-6-10-16/h4-13,18,22H,3,14H2,1-2H3,(H,32,34)(H2,29,30,40)(H,31,35,41)/t18-,22-/m1/s1. The van der Waals surface area contributed by atoms with Gasteiger partial charge in [0, 0.05) is 17.5 Å². The van der Waals surface area contributed by atoms with Gasteiger partial charge in [-0.2, -0.15) is 5.10 Å². The topological polar surface area (TPSA) is 150 Å². The Kier molecular flexibility index (Phi) is 9.37. The Balaban J connectivity index is 1.42. The van der Waals surface area contributed by atoms with E-state index in [1.807, 2.05) is 0 Å². The minimum Gasteiger partial charge on any atom is -0.483 e. The monoisotopic (exact) mass is 594 g/mol. The van der Waals surface area contributed by atoms with E-state index in [4.69, 9.17) is 33.9 Å². The number of anilines is 1. The average molecular weight is 595 g/mol. The molecule has 4 rings (SSSR count). The first kappa shape index (κ1) is 29.3. The second kappa shape index (κ2) is 13.1. The summed E-state index contributed by atoms with van der Waals surface area (Å²) in [5.74, 6) is -3.44. The van der Waals surface area contributed by atoms with Crippen LogP contribution in [0.2, 0.25) is 0 Å².